The number of carbonyl (C=O) groups excluding carboxylic acids is 1. The van der Waals surface area contributed by atoms with Gasteiger partial charge in [-0.25, -0.2) is 0 Å². The lowest BCUT2D eigenvalue weighted by Crippen LogP contribution is -2.49. The van der Waals surface area contributed by atoms with Gasteiger partial charge in [0.05, 0.1) is 0 Å². The molecule has 6 heteroatoms. The molecule has 2 saturated heterocycles. The van der Waals surface area contributed by atoms with E-state index in [4.69, 9.17) is 16.3 Å². The lowest BCUT2D eigenvalue weighted by molar-refractivity contribution is -0.134. The van der Waals surface area contributed by atoms with Crippen molar-refractivity contribution in [2.45, 2.75) is 43.8 Å². The molecule has 2 unspecified atom stereocenters. The van der Waals surface area contributed by atoms with Crippen LogP contribution in [0.2, 0.25) is 5.02 Å². The van der Waals surface area contributed by atoms with Crippen LogP contribution in [-0.4, -0.2) is 42.6 Å². The summed E-state index contributed by atoms with van der Waals surface area (Å²) < 4.78 is 5.54. The number of piperidine rings is 1. The number of likely N-dealkylation sites (N-methyl/N-ethyl adjacent to an activating group) is 1. The van der Waals surface area contributed by atoms with Gasteiger partial charge in [-0.15, -0.1) is 12.4 Å². The van der Waals surface area contributed by atoms with Crippen molar-refractivity contribution in [2.75, 3.05) is 13.7 Å². The highest BCUT2D eigenvalue weighted by molar-refractivity contribution is 6.30. The van der Waals surface area contributed by atoms with Crippen LogP contribution in [0, 0.1) is 0 Å². The molecule has 0 aliphatic carbocycles. The third-order valence-corrected chi connectivity index (χ3v) is 4.78. The molecule has 2 aliphatic heterocycles. The molecule has 0 spiro atoms. The monoisotopic (exact) mass is 344 g/mol. The maximum atomic E-state index is 12.3. The lowest BCUT2D eigenvalue weighted by atomic mass is 9.98. The summed E-state index contributed by atoms with van der Waals surface area (Å²) >= 11 is 5.90. The largest absolute Gasteiger partial charge is 0.484 e. The Bertz CT molecular complexity index is 515. The minimum absolute atomic E-state index is 0. The van der Waals surface area contributed by atoms with Crippen molar-refractivity contribution in [1.82, 2.24) is 10.2 Å². The van der Waals surface area contributed by atoms with Crippen LogP contribution in [0.3, 0.4) is 0 Å². The van der Waals surface area contributed by atoms with Crippen molar-refractivity contribution < 1.29 is 9.53 Å². The zero-order valence-corrected chi connectivity index (χ0v) is 14.2. The minimum Gasteiger partial charge on any atom is -0.484 e. The first-order valence-corrected chi connectivity index (χ1v) is 7.89. The number of rotatable bonds is 4. The van der Waals surface area contributed by atoms with Crippen LogP contribution in [0.5, 0.6) is 5.75 Å². The van der Waals surface area contributed by atoms with Crippen LogP contribution in [0.1, 0.15) is 25.7 Å². The fourth-order valence-electron chi connectivity index (χ4n) is 3.35. The van der Waals surface area contributed by atoms with Crippen LogP contribution in [0.25, 0.3) is 0 Å². The van der Waals surface area contributed by atoms with E-state index in [1.807, 2.05) is 24.1 Å². The number of carbonyl (C=O) groups is 1. The molecule has 1 aromatic rings. The molecule has 0 aromatic heterocycles. The van der Waals surface area contributed by atoms with Crippen molar-refractivity contribution in [3.63, 3.8) is 0 Å². The van der Waals surface area contributed by atoms with Gasteiger partial charge < -0.3 is 15.0 Å². The maximum Gasteiger partial charge on any atom is 0.260 e. The van der Waals surface area contributed by atoms with E-state index in [0.717, 1.165) is 12.8 Å². The van der Waals surface area contributed by atoms with Crippen LogP contribution in [0.15, 0.2) is 24.3 Å². The predicted molar refractivity (Wildman–Crippen MR) is 89.9 cm³/mol. The standard InChI is InChI=1S/C16H21ClN2O2.ClH/c1-19(14-8-12-5-6-13(9-14)18-12)16(20)10-21-15-4-2-3-11(17)7-15;/h2-4,7,12-14,18H,5-6,8-10H2,1H3;1H. The number of amides is 1. The normalized spacial score (nSPS) is 26.2. The zero-order valence-electron chi connectivity index (χ0n) is 12.6. The van der Waals surface area contributed by atoms with Gasteiger partial charge in [0.2, 0.25) is 0 Å². The summed E-state index contributed by atoms with van der Waals surface area (Å²) in [6.45, 7) is 0.0656. The van der Waals surface area contributed by atoms with E-state index in [2.05, 4.69) is 5.32 Å². The molecule has 1 aromatic carbocycles. The fourth-order valence-corrected chi connectivity index (χ4v) is 3.53. The Balaban J connectivity index is 0.00000176. The van der Waals surface area contributed by atoms with Crippen molar-refractivity contribution in [3.8, 4) is 5.75 Å². The summed E-state index contributed by atoms with van der Waals surface area (Å²) in [5, 5.41) is 4.21. The van der Waals surface area contributed by atoms with Gasteiger partial charge in [-0.05, 0) is 43.9 Å². The highest BCUT2D eigenvalue weighted by Gasteiger charge is 2.36. The first-order chi connectivity index (χ1) is 10.1. The van der Waals surface area contributed by atoms with E-state index in [1.54, 1.807) is 12.1 Å². The second-order valence-electron chi connectivity index (χ2n) is 6.01. The highest BCUT2D eigenvalue weighted by atomic mass is 35.5. The number of hydrogen-bond donors (Lipinski definition) is 1. The molecule has 2 heterocycles. The van der Waals surface area contributed by atoms with Gasteiger partial charge in [0.15, 0.2) is 6.61 Å². The number of nitrogens with one attached hydrogen (secondary N) is 1. The average Bonchev–Trinajstić information content (AvgIpc) is 2.82. The third kappa shape index (κ3) is 4.06. The molecular formula is C16H22Cl2N2O2. The quantitative estimate of drug-likeness (QED) is 0.912. The van der Waals surface area contributed by atoms with Gasteiger partial charge in [-0.3, -0.25) is 4.79 Å². The molecule has 2 aliphatic rings. The molecule has 4 nitrogen and oxygen atoms in total. The first kappa shape index (κ1) is 17.4. The molecule has 1 N–H and O–H groups in total. The first-order valence-electron chi connectivity index (χ1n) is 7.52. The molecule has 122 valence electrons. The Morgan fingerprint density at radius 2 is 2.05 bits per heavy atom. The number of benzene rings is 1. The lowest BCUT2D eigenvalue weighted by Gasteiger charge is -2.35. The average molecular weight is 345 g/mol. The van der Waals surface area contributed by atoms with Crippen molar-refractivity contribution >= 4 is 29.9 Å². The van der Waals surface area contributed by atoms with E-state index >= 15 is 0 Å². The molecular weight excluding hydrogens is 323 g/mol. The van der Waals surface area contributed by atoms with Gasteiger partial charge in [0.25, 0.3) is 5.91 Å². The number of nitrogens with zero attached hydrogens (tertiary/aromatic N) is 1. The Morgan fingerprint density at radius 3 is 2.68 bits per heavy atom. The van der Waals surface area contributed by atoms with Crippen LogP contribution in [0.4, 0.5) is 0 Å². The molecule has 2 bridgehead atoms. The van der Waals surface area contributed by atoms with Gasteiger partial charge in [0, 0.05) is 30.2 Å². The second kappa shape index (κ2) is 7.53. The van der Waals surface area contributed by atoms with Gasteiger partial charge >= 0.3 is 0 Å². The minimum atomic E-state index is 0. The molecule has 22 heavy (non-hydrogen) atoms. The fraction of sp³-hybridized carbons (Fsp3) is 0.562. The number of hydrogen-bond acceptors (Lipinski definition) is 3. The Hall–Kier alpha value is -0.970. The molecule has 2 fully saturated rings. The summed E-state index contributed by atoms with van der Waals surface area (Å²) in [6.07, 6.45) is 4.58. The molecule has 1 amide bonds. The maximum absolute atomic E-state index is 12.3. The van der Waals surface area contributed by atoms with E-state index < -0.39 is 0 Å². The number of ether oxygens (including phenoxy) is 1. The van der Waals surface area contributed by atoms with Gasteiger partial charge in [-0.1, -0.05) is 17.7 Å². The van der Waals surface area contributed by atoms with E-state index in [-0.39, 0.29) is 24.9 Å². The third-order valence-electron chi connectivity index (χ3n) is 4.55. The van der Waals surface area contributed by atoms with Gasteiger partial charge in [-0.2, -0.15) is 0 Å². The number of fused-ring (bicyclic) bond motifs is 2. The van der Waals surface area contributed by atoms with Crippen LogP contribution >= 0.6 is 24.0 Å². The van der Waals surface area contributed by atoms with Crippen LogP contribution in [-0.2, 0) is 4.79 Å². The molecule has 3 rings (SSSR count). The number of halogens is 2. The highest BCUT2D eigenvalue weighted by Crippen LogP contribution is 2.29. The van der Waals surface area contributed by atoms with Crippen molar-refractivity contribution in [1.29, 1.82) is 0 Å². The summed E-state index contributed by atoms with van der Waals surface area (Å²) in [5.74, 6) is 0.663. The summed E-state index contributed by atoms with van der Waals surface area (Å²) in [4.78, 5) is 14.1. The van der Waals surface area contributed by atoms with Gasteiger partial charge in [0.1, 0.15) is 5.75 Å². The van der Waals surface area contributed by atoms with Crippen molar-refractivity contribution in [2.24, 2.45) is 0 Å². The zero-order chi connectivity index (χ0) is 14.8. The molecule has 2 atom stereocenters. The Labute approximate surface area is 142 Å². The predicted octanol–water partition coefficient (Wildman–Crippen LogP) is 2.88. The van der Waals surface area contributed by atoms with E-state index in [1.165, 1.54) is 12.8 Å². The van der Waals surface area contributed by atoms with Crippen LogP contribution < -0.4 is 10.1 Å². The second-order valence-corrected chi connectivity index (χ2v) is 6.45. The van der Waals surface area contributed by atoms with Crippen molar-refractivity contribution in [3.05, 3.63) is 29.3 Å². The van der Waals surface area contributed by atoms with E-state index in [0.29, 0.717) is 28.9 Å². The molecule has 0 radical (unpaired) electrons. The summed E-state index contributed by atoms with van der Waals surface area (Å²) in [5.41, 5.74) is 0. The Morgan fingerprint density at radius 1 is 1.36 bits per heavy atom. The Kier molecular flexibility index (Phi) is 5.95. The SMILES string of the molecule is CN(C(=O)COc1cccc(Cl)c1)C1CC2CCC(C1)N2.Cl. The summed E-state index contributed by atoms with van der Waals surface area (Å²) in [7, 11) is 1.89. The summed E-state index contributed by atoms with van der Waals surface area (Å²) in [6, 6.07) is 8.63. The topological polar surface area (TPSA) is 41.6 Å². The van der Waals surface area contributed by atoms with E-state index in [9.17, 15) is 4.79 Å². The smallest absolute Gasteiger partial charge is 0.260 e. The molecule has 0 saturated carbocycles.